The highest BCUT2D eigenvalue weighted by atomic mass is 31.1. The Bertz CT molecular complexity index is 481. The Labute approximate surface area is 97.9 Å². The third-order valence-electron chi connectivity index (χ3n) is 2.93. The molecule has 1 aliphatic heterocycles. The van der Waals surface area contributed by atoms with Gasteiger partial charge in [-0.25, -0.2) is 0 Å². The van der Waals surface area contributed by atoms with Crippen LogP contribution >= 0.6 is 8.73 Å². The summed E-state index contributed by atoms with van der Waals surface area (Å²) < 4.78 is 2.49. The van der Waals surface area contributed by atoms with E-state index in [1.165, 1.54) is 23.0 Å². The third kappa shape index (κ3) is 1.83. The summed E-state index contributed by atoms with van der Waals surface area (Å²) >= 11 is 0. The van der Waals surface area contributed by atoms with Gasteiger partial charge in [-0.05, 0) is 23.4 Å². The first-order valence-electron chi connectivity index (χ1n) is 5.61. The molecule has 0 saturated heterocycles. The predicted molar refractivity (Wildman–Crippen MR) is 71.9 cm³/mol. The average molecular weight is 227 g/mol. The molecule has 3 rings (SSSR count). The summed E-state index contributed by atoms with van der Waals surface area (Å²) in [6, 6.07) is 19.5. The van der Waals surface area contributed by atoms with Gasteiger partial charge >= 0.3 is 0 Å². The van der Waals surface area contributed by atoms with Crippen LogP contribution in [-0.4, -0.2) is 6.54 Å². The molecule has 0 aliphatic carbocycles. The third-order valence-corrected chi connectivity index (χ3v) is 4.25. The van der Waals surface area contributed by atoms with Gasteiger partial charge in [0.25, 0.3) is 0 Å². The van der Waals surface area contributed by atoms with E-state index in [1.54, 1.807) is 0 Å². The van der Waals surface area contributed by atoms with Crippen LogP contribution in [-0.2, 0) is 6.42 Å². The highest BCUT2D eigenvalue weighted by molar-refractivity contribution is 7.49. The van der Waals surface area contributed by atoms with Crippen LogP contribution in [0.1, 0.15) is 5.56 Å². The molecule has 1 atom stereocenters. The van der Waals surface area contributed by atoms with E-state index in [2.05, 4.69) is 59.3 Å². The quantitative estimate of drug-likeness (QED) is 0.713. The minimum Gasteiger partial charge on any atom is -0.348 e. The Morgan fingerprint density at radius 3 is 2.50 bits per heavy atom. The molecule has 0 fully saturated rings. The maximum atomic E-state index is 2.49. The molecule has 2 heteroatoms. The van der Waals surface area contributed by atoms with Gasteiger partial charge in [0.2, 0.25) is 0 Å². The zero-order valence-corrected chi connectivity index (χ0v) is 10.1. The highest BCUT2D eigenvalue weighted by Gasteiger charge is 2.17. The molecular weight excluding hydrogens is 213 g/mol. The van der Waals surface area contributed by atoms with Crippen LogP contribution in [0.4, 0.5) is 5.69 Å². The fourth-order valence-electron chi connectivity index (χ4n) is 2.12. The Morgan fingerprint density at radius 2 is 1.62 bits per heavy atom. The van der Waals surface area contributed by atoms with Gasteiger partial charge in [-0.2, -0.15) is 0 Å². The lowest BCUT2D eigenvalue weighted by Crippen LogP contribution is -2.13. The topological polar surface area (TPSA) is 3.24 Å². The van der Waals surface area contributed by atoms with Crippen LogP contribution in [0.25, 0.3) is 0 Å². The molecule has 0 amide bonds. The normalized spacial score (nSPS) is 14.6. The summed E-state index contributed by atoms with van der Waals surface area (Å²) in [6.45, 7) is 1.16. The predicted octanol–water partition coefficient (Wildman–Crippen LogP) is 2.97. The second-order valence-corrected chi connectivity index (χ2v) is 5.35. The smallest absolute Gasteiger partial charge is 0.0432 e. The van der Waals surface area contributed by atoms with E-state index in [-0.39, 0.29) is 0 Å². The number of nitrogens with zero attached hydrogens (tertiary/aromatic N) is 1. The van der Waals surface area contributed by atoms with Crippen molar-refractivity contribution in [2.24, 2.45) is 0 Å². The molecule has 2 aromatic rings. The largest absolute Gasteiger partial charge is 0.348 e. The number of hydrogen-bond acceptors (Lipinski definition) is 1. The number of anilines is 1. The number of rotatable bonds is 2. The van der Waals surface area contributed by atoms with Gasteiger partial charge in [0.15, 0.2) is 0 Å². The Balaban J connectivity index is 1.84. The highest BCUT2D eigenvalue weighted by Crippen LogP contribution is 2.35. The number of hydrogen-bond donors (Lipinski definition) is 0. The minimum absolute atomic E-state index is 0.758. The minimum atomic E-state index is 0.758. The molecule has 1 aliphatic rings. The van der Waals surface area contributed by atoms with Crippen molar-refractivity contribution in [1.82, 2.24) is 0 Å². The lowest BCUT2D eigenvalue weighted by Gasteiger charge is -2.18. The summed E-state index contributed by atoms with van der Waals surface area (Å²) in [4.78, 5) is 0. The van der Waals surface area contributed by atoms with Crippen LogP contribution in [0.15, 0.2) is 54.6 Å². The van der Waals surface area contributed by atoms with Gasteiger partial charge in [0.05, 0.1) is 0 Å². The second-order valence-electron chi connectivity index (χ2n) is 4.01. The molecule has 2 aromatic carbocycles. The van der Waals surface area contributed by atoms with Crippen molar-refractivity contribution in [3.8, 4) is 0 Å². The van der Waals surface area contributed by atoms with Crippen molar-refractivity contribution in [3.63, 3.8) is 0 Å². The molecule has 80 valence electrons. The molecule has 0 aromatic heterocycles. The maximum Gasteiger partial charge on any atom is 0.0432 e. The van der Waals surface area contributed by atoms with Crippen LogP contribution < -0.4 is 9.97 Å². The summed E-state index contributed by atoms with van der Waals surface area (Å²) in [7, 11) is 0.758. The van der Waals surface area contributed by atoms with E-state index >= 15 is 0 Å². The molecule has 1 unspecified atom stereocenters. The second kappa shape index (κ2) is 4.27. The summed E-state index contributed by atoms with van der Waals surface area (Å²) in [6.07, 6.45) is 1.19. The van der Waals surface area contributed by atoms with Crippen molar-refractivity contribution >= 4 is 19.7 Å². The lowest BCUT2D eigenvalue weighted by molar-refractivity contribution is 1.05. The lowest BCUT2D eigenvalue weighted by atomic mass is 10.2. The summed E-state index contributed by atoms with van der Waals surface area (Å²) in [5, 5.41) is 1.42. The van der Waals surface area contributed by atoms with E-state index in [9.17, 15) is 0 Å². The van der Waals surface area contributed by atoms with E-state index in [0.717, 1.165) is 15.3 Å². The molecule has 0 spiro atoms. The number of para-hydroxylation sites is 1. The Hall–Kier alpha value is -1.33. The molecule has 0 radical (unpaired) electrons. The SMILES string of the molecule is c1ccc(PN2CCc3ccccc32)cc1. The van der Waals surface area contributed by atoms with Gasteiger partial charge in [0, 0.05) is 21.0 Å². The van der Waals surface area contributed by atoms with E-state index in [1.807, 2.05) is 0 Å². The number of benzene rings is 2. The van der Waals surface area contributed by atoms with Crippen molar-refractivity contribution < 1.29 is 0 Å². The first kappa shape index (κ1) is 9.86. The first-order valence-corrected chi connectivity index (χ1v) is 6.55. The van der Waals surface area contributed by atoms with Crippen LogP contribution in [0.2, 0.25) is 0 Å². The van der Waals surface area contributed by atoms with Crippen molar-refractivity contribution in [1.29, 1.82) is 0 Å². The maximum absolute atomic E-state index is 2.49. The zero-order chi connectivity index (χ0) is 10.8. The molecule has 0 saturated carbocycles. The van der Waals surface area contributed by atoms with E-state index in [4.69, 9.17) is 0 Å². The zero-order valence-electron chi connectivity index (χ0n) is 9.06. The van der Waals surface area contributed by atoms with Crippen molar-refractivity contribution in [2.75, 3.05) is 11.2 Å². The van der Waals surface area contributed by atoms with Crippen LogP contribution in [0.3, 0.4) is 0 Å². The van der Waals surface area contributed by atoms with Gasteiger partial charge in [0.1, 0.15) is 0 Å². The Kier molecular flexibility index (Phi) is 2.63. The van der Waals surface area contributed by atoms with Crippen LogP contribution in [0, 0.1) is 0 Å². The molecule has 0 bridgehead atoms. The standard InChI is InChI=1S/C14H14NP/c1-2-7-13(8-3-1)16-15-11-10-12-6-4-5-9-14(12)15/h1-9,16H,10-11H2. The van der Waals surface area contributed by atoms with E-state index < -0.39 is 0 Å². The number of fused-ring (bicyclic) bond motifs is 1. The Morgan fingerprint density at radius 1 is 0.875 bits per heavy atom. The van der Waals surface area contributed by atoms with Gasteiger partial charge in [-0.3, -0.25) is 0 Å². The summed E-state index contributed by atoms with van der Waals surface area (Å²) in [5.41, 5.74) is 2.91. The fraction of sp³-hybridized carbons (Fsp3) is 0.143. The monoisotopic (exact) mass is 227 g/mol. The fourth-order valence-corrected chi connectivity index (χ4v) is 3.34. The van der Waals surface area contributed by atoms with Gasteiger partial charge in [-0.1, -0.05) is 48.5 Å². The van der Waals surface area contributed by atoms with Gasteiger partial charge < -0.3 is 4.67 Å². The van der Waals surface area contributed by atoms with Crippen molar-refractivity contribution in [3.05, 3.63) is 60.2 Å². The summed E-state index contributed by atoms with van der Waals surface area (Å²) in [5.74, 6) is 0. The van der Waals surface area contributed by atoms with E-state index in [0.29, 0.717) is 0 Å². The molecular formula is C14H14NP. The molecule has 16 heavy (non-hydrogen) atoms. The average Bonchev–Trinajstić information content (AvgIpc) is 2.74. The van der Waals surface area contributed by atoms with Gasteiger partial charge in [-0.15, -0.1) is 0 Å². The molecule has 0 N–H and O–H groups in total. The molecule has 1 nitrogen and oxygen atoms in total. The first-order chi connectivity index (χ1) is 7.93. The van der Waals surface area contributed by atoms with Crippen LogP contribution in [0.5, 0.6) is 0 Å². The molecule has 1 heterocycles. The van der Waals surface area contributed by atoms with Crippen molar-refractivity contribution in [2.45, 2.75) is 6.42 Å².